The Morgan fingerprint density at radius 1 is 1.19 bits per heavy atom. The molecule has 1 aliphatic heterocycles. The number of rotatable bonds is 5. The van der Waals surface area contributed by atoms with E-state index in [9.17, 15) is 4.79 Å². The lowest BCUT2D eigenvalue weighted by atomic mass is 10.1. The second kappa shape index (κ2) is 8.30. The summed E-state index contributed by atoms with van der Waals surface area (Å²) in [6, 6.07) is 8.37. The normalized spacial score (nSPS) is 16.9. The quantitative estimate of drug-likeness (QED) is 0.767. The van der Waals surface area contributed by atoms with Crippen LogP contribution in [0.5, 0.6) is 0 Å². The van der Waals surface area contributed by atoms with Crippen LogP contribution in [0.1, 0.15) is 57.0 Å². The van der Waals surface area contributed by atoms with Crippen LogP contribution in [0.25, 0.3) is 0 Å². The Morgan fingerprint density at radius 3 is 2.54 bits per heavy atom. The van der Waals surface area contributed by atoms with Crippen molar-refractivity contribution in [1.82, 2.24) is 14.5 Å². The lowest BCUT2D eigenvalue weighted by molar-refractivity contribution is -0.135. The SMILES string of the molecule is Cc1ccccc1SC1CCN(C(=O)C(C)n2ccnc2C(C)C)CC1. The van der Waals surface area contributed by atoms with Gasteiger partial charge in [-0.25, -0.2) is 4.98 Å². The standard InChI is InChI=1S/C21H29N3OS/c1-15(2)20-22-11-14-24(20)17(4)21(25)23-12-9-18(10-13-23)26-19-8-6-5-7-16(19)3/h5-8,11,14-15,17-18H,9-10,12-13H2,1-4H3. The van der Waals surface area contributed by atoms with Crippen LogP contribution in [0.2, 0.25) is 0 Å². The molecule has 0 spiro atoms. The third-order valence-electron chi connectivity index (χ3n) is 5.13. The molecule has 4 nitrogen and oxygen atoms in total. The molecule has 3 rings (SSSR count). The van der Waals surface area contributed by atoms with E-state index in [0.29, 0.717) is 11.2 Å². The van der Waals surface area contributed by atoms with Crippen LogP contribution in [-0.4, -0.2) is 38.7 Å². The number of benzene rings is 1. The Balaban J connectivity index is 1.58. The molecule has 1 atom stereocenters. The first-order chi connectivity index (χ1) is 12.5. The summed E-state index contributed by atoms with van der Waals surface area (Å²) in [4.78, 5) is 20.8. The molecule has 0 saturated carbocycles. The molecular weight excluding hydrogens is 342 g/mol. The number of piperidine rings is 1. The third-order valence-corrected chi connectivity index (χ3v) is 6.65. The summed E-state index contributed by atoms with van der Waals surface area (Å²) in [7, 11) is 0. The fourth-order valence-corrected chi connectivity index (χ4v) is 4.76. The lowest BCUT2D eigenvalue weighted by Gasteiger charge is -2.34. The van der Waals surface area contributed by atoms with Crippen molar-refractivity contribution < 1.29 is 4.79 Å². The Bertz CT molecular complexity index is 747. The summed E-state index contributed by atoms with van der Waals surface area (Å²) in [6.45, 7) is 10.1. The lowest BCUT2D eigenvalue weighted by Crippen LogP contribution is -2.42. The van der Waals surface area contributed by atoms with E-state index in [0.717, 1.165) is 31.8 Å². The topological polar surface area (TPSA) is 38.1 Å². The van der Waals surface area contributed by atoms with Gasteiger partial charge in [0.25, 0.3) is 0 Å². The van der Waals surface area contributed by atoms with E-state index in [2.05, 4.69) is 50.0 Å². The molecular formula is C21H29N3OS. The number of aryl methyl sites for hydroxylation is 1. The highest BCUT2D eigenvalue weighted by Crippen LogP contribution is 2.32. The van der Waals surface area contributed by atoms with E-state index < -0.39 is 0 Å². The predicted octanol–water partition coefficient (Wildman–Crippen LogP) is 4.66. The van der Waals surface area contributed by atoms with Gasteiger partial charge in [-0.05, 0) is 38.3 Å². The molecule has 1 saturated heterocycles. The maximum absolute atomic E-state index is 13.0. The van der Waals surface area contributed by atoms with Crippen molar-refractivity contribution in [2.24, 2.45) is 0 Å². The Labute approximate surface area is 161 Å². The minimum Gasteiger partial charge on any atom is -0.341 e. The Kier molecular flexibility index (Phi) is 6.07. The zero-order chi connectivity index (χ0) is 18.7. The largest absolute Gasteiger partial charge is 0.341 e. The fraction of sp³-hybridized carbons (Fsp3) is 0.524. The molecule has 1 unspecified atom stereocenters. The van der Waals surface area contributed by atoms with Gasteiger partial charge in [-0.1, -0.05) is 32.0 Å². The van der Waals surface area contributed by atoms with E-state index in [4.69, 9.17) is 0 Å². The molecule has 1 aliphatic rings. The summed E-state index contributed by atoms with van der Waals surface area (Å²) in [5.41, 5.74) is 1.34. The molecule has 1 aromatic heterocycles. The van der Waals surface area contributed by atoms with E-state index in [-0.39, 0.29) is 11.9 Å². The van der Waals surface area contributed by atoms with Crippen LogP contribution >= 0.6 is 11.8 Å². The molecule has 1 amide bonds. The van der Waals surface area contributed by atoms with Gasteiger partial charge < -0.3 is 9.47 Å². The molecule has 0 N–H and O–H groups in total. The second-order valence-electron chi connectivity index (χ2n) is 7.43. The molecule has 26 heavy (non-hydrogen) atoms. The summed E-state index contributed by atoms with van der Waals surface area (Å²) in [6.07, 6.45) is 5.83. The third kappa shape index (κ3) is 4.14. The van der Waals surface area contributed by atoms with Crippen LogP contribution in [0.3, 0.4) is 0 Å². The van der Waals surface area contributed by atoms with Gasteiger partial charge in [0, 0.05) is 41.5 Å². The number of imidazole rings is 1. The number of nitrogens with zero attached hydrogens (tertiary/aromatic N) is 3. The monoisotopic (exact) mass is 371 g/mol. The van der Waals surface area contributed by atoms with Crippen LogP contribution in [-0.2, 0) is 4.79 Å². The zero-order valence-corrected chi connectivity index (χ0v) is 17.0. The molecule has 1 aromatic carbocycles. The van der Waals surface area contributed by atoms with Gasteiger partial charge in [-0.3, -0.25) is 4.79 Å². The Morgan fingerprint density at radius 2 is 1.88 bits per heavy atom. The minimum atomic E-state index is -0.185. The Hall–Kier alpha value is -1.75. The summed E-state index contributed by atoms with van der Waals surface area (Å²) >= 11 is 1.96. The molecule has 0 bridgehead atoms. The van der Waals surface area contributed by atoms with Crippen molar-refractivity contribution in [3.05, 3.63) is 48.0 Å². The molecule has 140 valence electrons. The number of thioether (sulfide) groups is 1. The van der Waals surface area contributed by atoms with Crippen molar-refractivity contribution in [3.63, 3.8) is 0 Å². The first-order valence-corrected chi connectivity index (χ1v) is 10.4. The van der Waals surface area contributed by atoms with Gasteiger partial charge >= 0.3 is 0 Å². The number of carbonyl (C=O) groups excluding carboxylic acids is 1. The maximum Gasteiger partial charge on any atom is 0.245 e. The van der Waals surface area contributed by atoms with Crippen molar-refractivity contribution in [2.45, 2.75) is 62.6 Å². The van der Waals surface area contributed by atoms with E-state index in [1.807, 2.05) is 34.3 Å². The second-order valence-corrected chi connectivity index (χ2v) is 8.77. The van der Waals surface area contributed by atoms with E-state index >= 15 is 0 Å². The minimum absolute atomic E-state index is 0.185. The summed E-state index contributed by atoms with van der Waals surface area (Å²) in [5.74, 6) is 1.51. The maximum atomic E-state index is 13.0. The van der Waals surface area contributed by atoms with Crippen molar-refractivity contribution in [1.29, 1.82) is 0 Å². The molecule has 1 fully saturated rings. The molecule has 0 aliphatic carbocycles. The van der Waals surface area contributed by atoms with Crippen molar-refractivity contribution in [2.75, 3.05) is 13.1 Å². The average Bonchev–Trinajstić information content (AvgIpc) is 3.13. The van der Waals surface area contributed by atoms with Gasteiger partial charge in [0.15, 0.2) is 0 Å². The first kappa shape index (κ1) is 19.0. The highest BCUT2D eigenvalue weighted by molar-refractivity contribution is 8.00. The number of carbonyl (C=O) groups is 1. The number of likely N-dealkylation sites (tertiary alicyclic amines) is 1. The number of hydrogen-bond acceptors (Lipinski definition) is 3. The summed E-state index contributed by atoms with van der Waals surface area (Å²) in [5, 5.41) is 0.593. The molecule has 2 aromatic rings. The van der Waals surface area contributed by atoms with Crippen LogP contribution in [0.15, 0.2) is 41.6 Å². The number of hydrogen-bond donors (Lipinski definition) is 0. The number of amides is 1. The van der Waals surface area contributed by atoms with Crippen LogP contribution < -0.4 is 0 Å². The number of aromatic nitrogens is 2. The van der Waals surface area contributed by atoms with Crippen molar-refractivity contribution >= 4 is 17.7 Å². The van der Waals surface area contributed by atoms with Gasteiger partial charge in [-0.15, -0.1) is 11.8 Å². The van der Waals surface area contributed by atoms with E-state index in [1.165, 1.54) is 10.5 Å². The fourth-order valence-electron chi connectivity index (χ4n) is 3.54. The average molecular weight is 372 g/mol. The van der Waals surface area contributed by atoms with Gasteiger partial charge in [0.05, 0.1) is 0 Å². The highest BCUT2D eigenvalue weighted by atomic mass is 32.2. The zero-order valence-electron chi connectivity index (χ0n) is 16.2. The van der Waals surface area contributed by atoms with Crippen LogP contribution in [0, 0.1) is 6.92 Å². The van der Waals surface area contributed by atoms with Crippen molar-refractivity contribution in [3.8, 4) is 0 Å². The van der Waals surface area contributed by atoms with Gasteiger partial charge in [0.1, 0.15) is 11.9 Å². The van der Waals surface area contributed by atoms with Gasteiger partial charge in [0.2, 0.25) is 5.91 Å². The molecule has 2 heterocycles. The first-order valence-electron chi connectivity index (χ1n) is 9.51. The predicted molar refractivity (Wildman–Crippen MR) is 108 cm³/mol. The molecule has 0 radical (unpaired) electrons. The van der Waals surface area contributed by atoms with Crippen LogP contribution in [0.4, 0.5) is 0 Å². The summed E-state index contributed by atoms with van der Waals surface area (Å²) < 4.78 is 2.03. The van der Waals surface area contributed by atoms with E-state index in [1.54, 1.807) is 6.20 Å². The smallest absolute Gasteiger partial charge is 0.245 e. The highest BCUT2D eigenvalue weighted by Gasteiger charge is 2.28. The molecule has 5 heteroatoms. The van der Waals surface area contributed by atoms with Gasteiger partial charge in [-0.2, -0.15) is 0 Å².